The third kappa shape index (κ3) is 9.83. The van der Waals surface area contributed by atoms with Gasteiger partial charge in [0.15, 0.2) is 0 Å². The van der Waals surface area contributed by atoms with Gasteiger partial charge in [-0.1, -0.05) is 13.3 Å². The number of hydrogen-bond acceptors (Lipinski definition) is 5. The molecule has 0 fully saturated rings. The molecule has 9 heteroatoms. The van der Waals surface area contributed by atoms with E-state index in [4.69, 9.17) is 10.2 Å². The number of carbonyl (C=O) groups is 4. The summed E-state index contributed by atoms with van der Waals surface area (Å²) >= 11 is 0. The zero-order chi connectivity index (χ0) is 15.5. The number of imide groups is 1. The van der Waals surface area contributed by atoms with Gasteiger partial charge < -0.3 is 15.5 Å². The summed E-state index contributed by atoms with van der Waals surface area (Å²) in [4.78, 5) is 44.7. The van der Waals surface area contributed by atoms with Gasteiger partial charge >= 0.3 is 18.0 Å². The number of unbranched alkanes of at least 4 members (excludes halogenated alkanes) is 1. The Morgan fingerprint density at radius 1 is 1.00 bits per heavy atom. The van der Waals surface area contributed by atoms with Gasteiger partial charge in [-0.15, -0.1) is 0 Å². The summed E-state index contributed by atoms with van der Waals surface area (Å²) in [5, 5.41) is 21.6. The molecule has 0 aliphatic carbocycles. The molecule has 0 unspecified atom stereocenters. The van der Waals surface area contributed by atoms with Gasteiger partial charge in [0.1, 0.15) is 0 Å². The lowest BCUT2D eigenvalue weighted by molar-refractivity contribution is -0.142. The van der Waals surface area contributed by atoms with Crippen LogP contribution in [0.4, 0.5) is 4.79 Å². The molecule has 0 spiro atoms. The summed E-state index contributed by atoms with van der Waals surface area (Å²) < 4.78 is 0. The number of aliphatic carboxylic acids is 2. The van der Waals surface area contributed by atoms with Gasteiger partial charge in [-0.05, 0) is 6.42 Å². The van der Waals surface area contributed by atoms with E-state index in [0.717, 1.165) is 17.7 Å². The number of hydrogen-bond donors (Lipinski definition) is 4. The quantitative estimate of drug-likeness (QED) is 0.403. The Balaban J connectivity index is 4.20. The molecule has 0 aromatic rings. The van der Waals surface area contributed by atoms with Crippen molar-refractivity contribution in [1.82, 2.24) is 15.5 Å². The fourth-order valence-electron chi connectivity index (χ4n) is 1.34. The summed E-state index contributed by atoms with van der Waals surface area (Å²) in [7, 11) is 0. The van der Waals surface area contributed by atoms with Crippen molar-refractivity contribution in [3.63, 3.8) is 0 Å². The van der Waals surface area contributed by atoms with Crippen LogP contribution in [-0.2, 0) is 14.4 Å². The van der Waals surface area contributed by atoms with Crippen LogP contribution in [-0.4, -0.2) is 65.2 Å². The van der Waals surface area contributed by atoms with Gasteiger partial charge in [0, 0.05) is 6.54 Å². The van der Waals surface area contributed by atoms with Gasteiger partial charge in [0.05, 0.1) is 19.6 Å². The molecule has 4 N–H and O–H groups in total. The van der Waals surface area contributed by atoms with E-state index in [2.05, 4.69) is 5.32 Å². The van der Waals surface area contributed by atoms with Gasteiger partial charge in [-0.2, -0.15) is 0 Å². The minimum absolute atomic E-state index is 0.420. The molecule has 0 aliphatic rings. The molecule has 0 heterocycles. The molecule has 0 atom stereocenters. The second-order valence-electron chi connectivity index (χ2n) is 4.09. The number of rotatable bonds is 9. The normalized spacial score (nSPS) is 10.1. The number of nitrogens with zero attached hydrogens (tertiary/aromatic N) is 1. The first-order chi connectivity index (χ1) is 9.35. The Morgan fingerprint density at radius 3 is 2.00 bits per heavy atom. The van der Waals surface area contributed by atoms with Crippen LogP contribution >= 0.6 is 0 Å². The maximum absolute atomic E-state index is 11.5. The number of carbonyl (C=O) groups excluding carboxylic acids is 2. The van der Waals surface area contributed by atoms with E-state index in [1.807, 2.05) is 12.2 Å². The van der Waals surface area contributed by atoms with E-state index in [1.54, 1.807) is 0 Å². The molecule has 0 aliphatic heterocycles. The Kier molecular flexibility index (Phi) is 8.68. The van der Waals surface area contributed by atoms with Crippen LogP contribution in [0.3, 0.4) is 0 Å². The van der Waals surface area contributed by atoms with Crippen molar-refractivity contribution in [1.29, 1.82) is 0 Å². The summed E-state index contributed by atoms with van der Waals surface area (Å²) in [6.45, 7) is 0.679. The average molecular weight is 289 g/mol. The zero-order valence-corrected chi connectivity index (χ0v) is 11.2. The van der Waals surface area contributed by atoms with E-state index >= 15 is 0 Å². The van der Waals surface area contributed by atoms with E-state index in [9.17, 15) is 19.2 Å². The van der Waals surface area contributed by atoms with Crippen LogP contribution < -0.4 is 10.6 Å². The first kappa shape index (κ1) is 17.8. The van der Waals surface area contributed by atoms with Crippen molar-refractivity contribution in [3.8, 4) is 0 Å². The highest BCUT2D eigenvalue weighted by atomic mass is 16.4. The van der Waals surface area contributed by atoms with Crippen LogP contribution in [0.2, 0.25) is 0 Å². The molecule has 114 valence electrons. The lowest BCUT2D eigenvalue weighted by Gasteiger charge is -2.17. The molecular weight excluding hydrogens is 270 g/mol. The first-order valence-electron chi connectivity index (χ1n) is 6.08. The fourth-order valence-corrected chi connectivity index (χ4v) is 1.34. The minimum atomic E-state index is -1.26. The number of carboxylic acid groups (broad SMARTS) is 2. The molecule has 9 nitrogen and oxygen atoms in total. The van der Waals surface area contributed by atoms with Gasteiger partial charge in [-0.3, -0.25) is 24.6 Å². The van der Waals surface area contributed by atoms with Crippen molar-refractivity contribution in [2.24, 2.45) is 0 Å². The fraction of sp³-hybridized carbons (Fsp3) is 0.636. The average Bonchev–Trinajstić information content (AvgIpc) is 2.26. The van der Waals surface area contributed by atoms with E-state index in [1.165, 1.54) is 0 Å². The third-order valence-corrected chi connectivity index (χ3v) is 2.15. The first-order valence-corrected chi connectivity index (χ1v) is 6.08. The molecule has 0 aromatic heterocycles. The zero-order valence-electron chi connectivity index (χ0n) is 11.2. The molecule has 0 bridgehead atoms. The SMILES string of the molecule is CCCCNC(=O)NC(=O)CN(CC(=O)O)CC(=O)O. The number of urea groups is 1. The Morgan fingerprint density at radius 2 is 1.55 bits per heavy atom. The summed E-state index contributed by atoms with van der Waals surface area (Å²) in [6, 6.07) is -0.686. The summed E-state index contributed by atoms with van der Waals surface area (Å²) in [5.74, 6) is -3.28. The highest BCUT2D eigenvalue weighted by Crippen LogP contribution is 1.89. The number of nitrogens with one attached hydrogen (secondary N) is 2. The topological polar surface area (TPSA) is 136 Å². The Bertz CT molecular complexity index is 355. The van der Waals surface area contributed by atoms with Gasteiger partial charge in [0.25, 0.3) is 0 Å². The van der Waals surface area contributed by atoms with Crippen molar-refractivity contribution >= 4 is 23.9 Å². The van der Waals surface area contributed by atoms with Crippen LogP contribution in [0.1, 0.15) is 19.8 Å². The predicted molar refractivity (Wildman–Crippen MR) is 68.2 cm³/mol. The van der Waals surface area contributed by atoms with Crippen LogP contribution in [0.5, 0.6) is 0 Å². The molecule has 0 rings (SSSR count). The molecule has 0 radical (unpaired) electrons. The molecule has 0 aromatic carbocycles. The minimum Gasteiger partial charge on any atom is -0.480 e. The van der Waals surface area contributed by atoms with E-state index < -0.39 is 43.5 Å². The number of carboxylic acids is 2. The van der Waals surface area contributed by atoms with E-state index in [0.29, 0.717) is 6.54 Å². The maximum atomic E-state index is 11.5. The maximum Gasteiger partial charge on any atom is 0.321 e. The van der Waals surface area contributed by atoms with Crippen LogP contribution in [0.15, 0.2) is 0 Å². The smallest absolute Gasteiger partial charge is 0.321 e. The van der Waals surface area contributed by atoms with Crippen molar-refractivity contribution in [2.75, 3.05) is 26.2 Å². The predicted octanol–water partition coefficient (Wildman–Crippen LogP) is -0.916. The Hall–Kier alpha value is -2.16. The standard InChI is InChI=1S/C11H19N3O6/c1-2-3-4-12-11(20)13-8(15)5-14(6-9(16)17)7-10(18)19/h2-7H2,1H3,(H,16,17)(H,18,19)(H2,12,13,15,20). The molecule has 20 heavy (non-hydrogen) atoms. The molecule has 3 amide bonds. The molecular formula is C11H19N3O6. The second kappa shape index (κ2) is 9.73. The largest absolute Gasteiger partial charge is 0.480 e. The number of amides is 3. The summed E-state index contributed by atoms with van der Waals surface area (Å²) in [5.41, 5.74) is 0. The second-order valence-corrected chi connectivity index (χ2v) is 4.09. The van der Waals surface area contributed by atoms with Gasteiger partial charge in [-0.25, -0.2) is 4.79 Å². The van der Waals surface area contributed by atoms with Crippen molar-refractivity contribution in [3.05, 3.63) is 0 Å². The summed E-state index contributed by atoms with van der Waals surface area (Å²) in [6.07, 6.45) is 1.66. The third-order valence-electron chi connectivity index (χ3n) is 2.15. The van der Waals surface area contributed by atoms with Gasteiger partial charge in [0.2, 0.25) is 5.91 Å². The highest BCUT2D eigenvalue weighted by molar-refractivity contribution is 5.95. The lowest BCUT2D eigenvalue weighted by Crippen LogP contribution is -2.46. The van der Waals surface area contributed by atoms with Crippen LogP contribution in [0.25, 0.3) is 0 Å². The lowest BCUT2D eigenvalue weighted by atomic mass is 10.3. The van der Waals surface area contributed by atoms with Crippen molar-refractivity contribution in [2.45, 2.75) is 19.8 Å². The monoisotopic (exact) mass is 289 g/mol. The van der Waals surface area contributed by atoms with Crippen LogP contribution in [0, 0.1) is 0 Å². The molecule has 0 saturated carbocycles. The Labute approximate surface area is 115 Å². The molecule has 0 saturated heterocycles. The van der Waals surface area contributed by atoms with Crippen molar-refractivity contribution < 1.29 is 29.4 Å². The van der Waals surface area contributed by atoms with E-state index in [-0.39, 0.29) is 0 Å². The highest BCUT2D eigenvalue weighted by Gasteiger charge is 2.18.